The third-order valence-corrected chi connectivity index (χ3v) is 3.33. The zero-order valence-electron chi connectivity index (χ0n) is 11.2. The van der Waals surface area contributed by atoms with Crippen LogP contribution in [0.1, 0.15) is 19.4 Å². The number of nitrogens with zero attached hydrogens (tertiary/aromatic N) is 1. The maximum Gasteiger partial charge on any atom is 0.120 e. The fourth-order valence-corrected chi connectivity index (χ4v) is 2.40. The van der Waals surface area contributed by atoms with E-state index >= 15 is 0 Å². The third kappa shape index (κ3) is 2.72. The molecule has 1 fully saturated rings. The van der Waals surface area contributed by atoms with E-state index in [1.54, 1.807) is 7.11 Å². The van der Waals surface area contributed by atoms with Crippen molar-refractivity contribution in [3.63, 3.8) is 0 Å². The number of hydrogen-bond donors (Lipinski definition) is 1. The molecule has 1 aliphatic heterocycles. The summed E-state index contributed by atoms with van der Waals surface area (Å²) in [4.78, 5) is 2.44. The Morgan fingerprint density at radius 3 is 2.76 bits per heavy atom. The molecule has 94 valence electrons. The molecule has 0 spiro atoms. The SMILES string of the molecule is COc1ccc(C)c(N2CCNC(C)(C)C2)c1. The number of hydrogen-bond acceptors (Lipinski definition) is 3. The van der Waals surface area contributed by atoms with Crippen molar-refractivity contribution in [3.8, 4) is 5.75 Å². The van der Waals surface area contributed by atoms with Crippen molar-refractivity contribution in [2.75, 3.05) is 31.6 Å². The smallest absolute Gasteiger partial charge is 0.120 e. The highest BCUT2D eigenvalue weighted by atomic mass is 16.5. The van der Waals surface area contributed by atoms with Gasteiger partial charge in [0, 0.05) is 36.9 Å². The Morgan fingerprint density at radius 1 is 1.35 bits per heavy atom. The summed E-state index contributed by atoms with van der Waals surface area (Å²) in [5, 5.41) is 3.53. The summed E-state index contributed by atoms with van der Waals surface area (Å²) >= 11 is 0. The highest BCUT2D eigenvalue weighted by molar-refractivity contribution is 5.57. The maximum absolute atomic E-state index is 5.31. The number of methoxy groups -OCH3 is 1. The number of benzene rings is 1. The molecule has 1 aliphatic rings. The van der Waals surface area contributed by atoms with Crippen molar-refractivity contribution < 1.29 is 4.74 Å². The van der Waals surface area contributed by atoms with Crippen molar-refractivity contribution in [2.24, 2.45) is 0 Å². The molecule has 0 bridgehead atoms. The molecular formula is C14H22N2O. The van der Waals surface area contributed by atoms with E-state index < -0.39 is 0 Å². The van der Waals surface area contributed by atoms with Crippen LogP contribution in [0.3, 0.4) is 0 Å². The molecule has 1 saturated heterocycles. The standard InChI is InChI=1S/C14H22N2O/c1-11-5-6-12(17-4)9-13(11)16-8-7-15-14(2,3)10-16/h5-6,9,15H,7-8,10H2,1-4H3. The summed E-state index contributed by atoms with van der Waals surface area (Å²) < 4.78 is 5.31. The lowest BCUT2D eigenvalue weighted by Gasteiger charge is -2.41. The lowest BCUT2D eigenvalue weighted by molar-refractivity contribution is 0.352. The molecule has 0 amide bonds. The van der Waals surface area contributed by atoms with E-state index in [4.69, 9.17) is 4.74 Å². The number of nitrogens with one attached hydrogen (secondary N) is 1. The van der Waals surface area contributed by atoms with Gasteiger partial charge in [-0.15, -0.1) is 0 Å². The molecule has 17 heavy (non-hydrogen) atoms. The summed E-state index contributed by atoms with van der Waals surface area (Å²) in [6, 6.07) is 6.28. The highest BCUT2D eigenvalue weighted by Gasteiger charge is 2.26. The molecule has 0 unspecified atom stereocenters. The van der Waals surface area contributed by atoms with Gasteiger partial charge in [0.2, 0.25) is 0 Å². The second kappa shape index (κ2) is 4.57. The highest BCUT2D eigenvalue weighted by Crippen LogP contribution is 2.27. The average molecular weight is 234 g/mol. The minimum absolute atomic E-state index is 0.174. The topological polar surface area (TPSA) is 24.5 Å². The van der Waals surface area contributed by atoms with Gasteiger partial charge in [0.05, 0.1) is 7.11 Å². The van der Waals surface area contributed by atoms with E-state index in [1.165, 1.54) is 11.3 Å². The van der Waals surface area contributed by atoms with Crippen molar-refractivity contribution in [2.45, 2.75) is 26.3 Å². The van der Waals surface area contributed by atoms with Gasteiger partial charge >= 0.3 is 0 Å². The van der Waals surface area contributed by atoms with E-state index in [2.05, 4.69) is 43.1 Å². The Hall–Kier alpha value is -1.22. The zero-order valence-corrected chi connectivity index (χ0v) is 11.2. The van der Waals surface area contributed by atoms with Crippen molar-refractivity contribution in [1.82, 2.24) is 5.32 Å². The van der Waals surface area contributed by atoms with Crippen LogP contribution < -0.4 is 15.0 Å². The molecule has 3 nitrogen and oxygen atoms in total. The van der Waals surface area contributed by atoms with Crippen LogP contribution in [0, 0.1) is 6.92 Å². The summed E-state index contributed by atoms with van der Waals surface area (Å²) in [6.45, 7) is 9.76. The van der Waals surface area contributed by atoms with Crippen LogP contribution in [0.15, 0.2) is 18.2 Å². The first-order valence-corrected chi connectivity index (χ1v) is 6.16. The summed E-state index contributed by atoms with van der Waals surface area (Å²) in [6.07, 6.45) is 0. The summed E-state index contributed by atoms with van der Waals surface area (Å²) in [5.41, 5.74) is 2.77. The normalized spacial score (nSPS) is 19.2. The van der Waals surface area contributed by atoms with E-state index in [0.717, 1.165) is 25.4 Å². The third-order valence-electron chi connectivity index (χ3n) is 3.33. The Labute approximate surface area is 104 Å². The van der Waals surface area contributed by atoms with Gasteiger partial charge in [-0.25, -0.2) is 0 Å². The maximum atomic E-state index is 5.31. The van der Waals surface area contributed by atoms with Crippen LogP contribution in [0.2, 0.25) is 0 Å². The number of piperazine rings is 1. The van der Waals surface area contributed by atoms with Crippen LogP contribution in [-0.2, 0) is 0 Å². The minimum atomic E-state index is 0.174. The fourth-order valence-electron chi connectivity index (χ4n) is 2.40. The summed E-state index contributed by atoms with van der Waals surface area (Å²) in [5.74, 6) is 0.932. The van der Waals surface area contributed by atoms with Crippen LogP contribution in [0.5, 0.6) is 5.75 Å². The molecule has 0 aromatic heterocycles. The van der Waals surface area contributed by atoms with Gasteiger partial charge in [0.1, 0.15) is 5.75 Å². The van der Waals surface area contributed by atoms with Gasteiger partial charge < -0.3 is 15.0 Å². The fraction of sp³-hybridized carbons (Fsp3) is 0.571. The molecule has 1 aromatic rings. The van der Waals surface area contributed by atoms with Gasteiger partial charge in [0.25, 0.3) is 0 Å². The first-order valence-electron chi connectivity index (χ1n) is 6.16. The van der Waals surface area contributed by atoms with Crippen LogP contribution in [0.4, 0.5) is 5.69 Å². The van der Waals surface area contributed by atoms with Gasteiger partial charge in [-0.05, 0) is 32.4 Å². The number of ether oxygens (including phenoxy) is 1. The van der Waals surface area contributed by atoms with Crippen molar-refractivity contribution >= 4 is 5.69 Å². The molecule has 1 aromatic carbocycles. The molecule has 1 N–H and O–H groups in total. The largest absolute Gasteiger partial charge is 0.497 e. The average Bonchev–Trinajstić information content (AvgIpc) is 2.28. The molecule has 1 heterocycles. The zero-order chi connectivity index (χ0) is 12.5. The van der Waals surface area contributed by atoms with E-state index in [-0.39, 0.29) is 5.54 Å². The minimum Gasteiger partial charge on any atom is -0.497 e. The second-order valence-electron chi connectivity index (χ2n) is 5.38. The van der Waals surface area contributed by atoms with E-state index in [1.807, 2.05) is 6.07 Å². The molecular weight excluding hydrogens is 212 g/mol. The Balaban J connectivity index is 2.26. The predicted molar refractivity (Wildman–Crippen MR) is 72.0 cm³/mol. The lowest BCUT2D eigenvalue weighted by Crippen LogP contribution is -2.57. The predicted octanol–water partition coefficient (Wildman–Crippen LogP) is 2.19. The Kier molecular flexibility index (Phi) is 3.29. The first kappa shape index (κ1) is 12.2. The molecule has 0 radical (unpaired) electrons. The van der Waals surface area contributed by atoms with Crippen LogP contribution in [0.25, 0.3) is 0 Å². The molecule has 3 heteroatoms. The number of rotatable bonds is 2. The van der Waals surface area contributed by atoms with E-state index in [0.29, 0.717) is 0 Å². The quantitative estimate of drug-likeness (QED) is 0.849. The molecule has 0 aliphatic carbocycles. The van der Waals surface area contributed by atoms with Crippen molar-refractivity contribution in [3.05, 3.63) is 23.8 Å². The lowest BCUT2D eigenvalue weighted by atomic mass is 10.0. The van der Waals surface area contributed by atoms with Gasteiger partial charge in [-0.2, -0.15) is 0 Å². The van der Waals surface area contributed by atoms with Crippen LogP contribution in [-0.4, -0.2) is 32.3 Å². The van der Waals surface area contributed by atoms with Crippen molar-refractivity contribution in [1.29, 1.82) is 0 Å². The molecule has 2 rings (SSSR count). The van der Waals surface area contributed by atoms with Gasteiger partial charge in [-0.1, -0.05) is 6.07 Å². The Morgan fingerprint density at radius 2 is 2.12 bits per heavy atom. The molecule has 0 saturated carbocycles. The summed E-state index contributed by atoms with van der Waals surface area (Å²) in [7, 11) is 1.72. The first-order chi connectivity index (χ1) is 8.02. The van der Waals surface area contributed by atoms with Gasteiger partial charge in [0.15, 0.2) is 0 Å². The van der Waals surface area contributed by atoms with Gasteiger partial charge in [-0.3, -0.25) is 0 Å². The molecule has 0 atom stereocenters. The van der Waals surface area contributed by atoms with Crippen LogP contribution >= 0.6 is 0 Å². The number of anilines is 1. The number of aryl methyl sites for hydroxylation is 1. The van der Waals surface area contributed by atoms with E-state index in [9.17, 15) is 0 Å². The monoisotopic (exact) mass is 234 g/mol. The Bertz CT molecular complexity index is 401. The second-order valence-corrected chi connectivity index (χ2v) is 5.38.